The van der Waals surface area contributed by atoms with E-state index in [1.807, 2.05) is 45.3 Å². The summed E-state index contributed by atoms with van der Waals surface area (Å²) in [6.45, 7) is 5.80. The van der Waals surface area contributed by atoms with Gasteiger partial charge in [0.15, 0.2) is 0 Å². The highest BCUT2D eigenvalue weighted by atomic mass is 16.1. The molecule has 1 unspecified atom stereocenters. The van der Waals surface area contributed by atoms with E-state index >= 15 is 0 Å². The Balaban J connectivity index is 3.57. The third kappa shape index (κ3) is 7.40. The Kier molecular flexibility index (Phi) is 7.61. The Morgan fingerprint density at radius 3 is 2.71 bits per heavy atom. The Bertz CT molecular complexity index is 209. The highest BCUT2D eigenvalue weighted by Gasteiger charge is 2.01. The maximum absolute atomic E-state index is 11.0. The molecule has 3 nitrogen and oxygen atoms in total. The normalized spacial score (nSPS) is 13.4. The molecule has 0 saturated heterocycles. The van der Waals surface area contributed by atoms with Crippen molar-refractivity contribution in [1.82, 2.24) is 10.6 Å². The molecule has 0 aliphatic heterocycles. The molecule has 80 valence electrons. The van der Waals surface area contributed by atoms with Gasteiger partial charge in [-0.1, -0.05) is 19.1 Å². The molecule has 0 aliphatic carbocycles. The van der Waals surface area contributed by atoms with E-state index in [1.54, 1.807) is 0 Å². The fourth-order valence-electron chi connectivity index (χ4n) is 0.928. The molecular formula is C11H20N2O. The molecule has 0 spiro atoms. The lowest BCUT2D eigenvalue weighted by molar-refractivity contribution is -0.121. The smallest absolute Gasteiger partial charge is 0.219 e. The lowest BCUT2D eigenvalue weighted by atomic mass is 10.2. The number of allylic oxidation sites excluding steroid dienone is 1. The molecule has 3 heteroatoms. The number of rotatable bonds is 6. The summed E-state index contributed by atoms with van der Waals surface area (Å²) in [5, 5.41) is 5.87. The third-order valence-electron chi connectivity index (χ3n) is 1.70. The molecule has 14 heavy (non-hydrogen) atoms. The van der Waals surface area contributed by atoms with E-state index in [0.29, 0.717) is 6.42 Å². The van der Waals surface area contributed by atoms with Crippen molar-refractivity contribution in [3.8, 4) is 0 Å². The van der Waals surface area contributed by atoms with E-state index in [2.05, 4.69) is 10.6 Å². The van der Waals surface area contributed by atoms with Crippen LogP contribution in [0.2, 0.25) is 0 Å². The first kappa shape index (κ1) is 12.8. The van der Waals surface area contributed by atoms with Crippen LogP contribution in [0.3, 0.4) is 0 Å². The summed E-state index contributed by atoms with van der Waals surface area (Å²) in [5.41, 5.74) is 0. The van der Waals surface area contributed by atoms with E-state index in [-0.39, 0.29) is 11.9 Å². The lowest BCUT2D eigenvalue weighted by Crippen LogP contribution is -2.31. The van der Waals surface area contributed by atoms with Gasteiger partial charge >= 0.3 is 0 Å². The van der Waals surface area contributed by atoms with Crippen LogP contribution in [0.1, 0.15) is 33.6 Å². The standard InChI is InChI=1S/C11H20N2O/c1-4-8-12-9-6-7-10(3)13-11(14)5-2/h4,6,8-10,12H,5,7H2,1-3H3,(H,13,14)/b8-4-,9-6+. The van der Waals surface area contributed by atoms with E-state index in [9.17, 15) is 4.79 Å². The van der Waals surface area contributed by atoms with Crippen molar-refractivity contribution in [3.05, 3.63) is 24.6 Å². The lowest BCUT2D eigenvalue weighted by Gasteiger charge is -2.10. The molecule has 0 heterocycles. The molecule has 0 aromatic rings. The van der Waals surface area contributed by atoms with Crippen LogP contribution in [-0.2, 0) is 4.79 Å². The van der Waals surface area contributed by atoms with Gasteiger partial charge in [-0.3, -0.25) is 4.79 Å². The van der Waals surface area contributed by atoms with Crippen molar-refractivity contribution in [1.29, 1.82) is 0 Å². The van der Waals surface area contributed by atoms with Crippen LogP contribution in [0.25, 0.3) is 0 Å². The van der Waals surface area contributed by atoms with Crippen molar-refractivity contribution in [3.63, 3.8) is 0 Å². The van der Waals surface area contributed by atoms with Crippen LogP contribution in [0.5, 0.6) is 0 Å². The predicted molar refractivity (Wildman–Crippen MR) is 59.6 cm³/mol. The Hall–Kier alpha value is -1.25. The average molecular weight is 196 g/mol. The minimum Gasteiger partial charge on any atom is -0.368 e. The van der Waals surface area contributed by atoms with Crippen LogP contribution < -0.4 is 10.6 Å². The first-order valence-electron chi connectivity index (χ1n) is 5.02. The molecule has 0 fully saturated rings. The van der Waals surface area contributed by atoms with Gasteiger partial charge in [0.05, 0.1) is 0 Å². The zero-order valence-corrected chi connectivity index (χ0v) is 9.21. The summed E-state index contributed by atoms with van der Waals surface area (Å²) in [7, 11) is 0. The zero-order chi connectivity index (χ0) is 10.8. The molecule has 2 N–H and O–H groups in total. The van der Waals surface area contributed by atoms with Gasteiger partial charge in [-0.05, 0) is 32.7 Å². The summed E-state index contributed by atoms with van der Waals surface area (Å²) < 4.78 is 0. The monoisotopic (exact) mass is 196 g/mol. The minimum atomic E-state index is 0.104. The molecule has 0 radical (unpaired) electrons. The second-order valence-corrected chi connectivity index (χ2v) is 3.13. The van der Waals surface area contributed by atoms with Crippen molar-refractivity contribution in [2.45, 2.75) is 39.7 Å². The summed E-state index contributed by atoms with van der Waals surface area (Å²) in [5.74, 6) is 0.104. The van der Waals surface area contributed by atoms with Crippen LogP contribution in [-0.4, -0.2) is 11.9 Å². The summed E-state index contributed by atoms with van der Waals surface area (Å²) >= 11 is 0. The topological polar surface area (TPSA) is 41.1 Å². The largest absolute Gasteiger partial charge is 0.368 e. The Morgan fingerprint density at radius 1 is 1.43 bits per heavy atom. The fourth-order valence-corrected chi connectivity index (χ4v) is 0.928. The van der Waals surface area contributed by atoms with Crippen molar-refractivity contribution < 1.29 is 4.79 Å². The van der Waals surface area contributed by atoms with Crippen LogP contribution in [0.4, 0.5) is 0 Å². The van der Waals surface area contributed by atoms with E-state index in [4.69, 9.17) is 0 Å². The zero-order valence-electron chi connectivity index (χ0n) is 9.21. The highest BCUT2D eigenvalue weighted by Crippen LogP contribution is 1.92. The fraction of sp³-hybridized carbons (Fsp3) is 0.545. The van der Waals surface area contributed by atoms with E-state index in [0.717, 1.165) is 6.42 Å². The number of carbonyl (C=O) groups excluding carboxylic acids is 1. The molecule has 1 amide bonds. The summed E-state index contributed by atoms with van der Waals surface area (Å²) in [6.07, 6.45) is 9.04. The molecular weight excluding hydrogens is 176 g/mol. The molecule has 0 bridgehead atoms. The van der Waals surface area contributed by atoms with Gasteiger partial charge in [-0.2, -0.15) is 0 Å². The van der Waals surface area contributed by atoms with Gasteiger partial charge in [0.2, 0.25) is 5.91 Å². The molecule has 0 aromatic carbocycles. The van der Waals surface area contributed by atoms with Crippen molar-refractivity contribution in [2.24, 2.45) is 0 Å². The van der Waals surface area contributed by atoms with Gasteiger partial charge in [-0.25, -0.2) is 0 Å². The number of nitrogens with one attached hydrogen (secondary N) is 2. The quantitative estimate of drug-likeness (QED) is 0.681. The van der Waals surface area contributed by atoms with Crippen LogP contribution in [0, 0.1) is 0 Å². The summed E-state index contributed by atoms with van der Waals surface area (Å²) in [4.78, 5) is 11.0. The Labute approximate surface area is 86.3 Å². The predicted octanol–water partition coefficient (Wildman–Crippen LogP) is 1.93. The van der Waals surface area contributed by atoms with Gasteiger partial charge in [0.1, 0.15) is 0 Å². The van der Waals surface area contributed by atoms with Gasteiger partial charge in [0, 0.05) is 12.5 Å². The van der Waals surface area contributed by atoms with E-state index < -0.39 is 0 Å². The van der Waals surface area contributed by atoms with E-state index in [1.165, 1.54) is 0 Å². The second kappa shape index (κ2) is 8.35. The first-order chi connectivity index (χ1) is 6.70. The summed E-state index contributed by atoms with van der Waals surface area (Å²) in [6, 6.07) is 0.200. The molecule has 0 rings (SSSR count). The average Bonchev–Trinajstić information content (AvgIpc) is 2.17. The number of amides is 1. The van der Waals surface area contributed by atoms with Crippen molar-refractivity contribution >= 4 is 5.91 Å². The number of hydrogen-bond donors (Lipinski definition) is 2. The maximum Gasteiger partial charge on any atom is 0.219 e. The number of hydrogen-bond acceptors (Lipinski definition) is 2. The van der Waals surface area contributed by atoms with Crippen LogP contribution in [0.15, 0.2) is 24.6 Å². The third-order valence-corrected chi connectivity index (χ3v) is 1.70. The maximum atomic E-state index is 11.0. The molecule has 0 aromatic heterocycles. The number of carbonyl (C=O) groups is 1. The first-order valence-corrected chi connectivity index (χ1v) is 5.02. The highest BCUT2D eigenvalue weighted by molar-refractivity contribution is 5.75. The minimum absolute atomic E-state index is 0.104. The molecule has 0 aliphatic rings. The van der Waals surface area contributed by atoms with Crippen LogP contribution >= 0.6 is 0 Å². The SMILES string of the molecule is C/C=C\N/C=C/CC(C)NC(=O)CC. The molecule has 0 saturated carbocycles. The molecule has 1 atom stereocenters. The Morgan fingerprint density at radius 2 is 2.14 bits per heavy atom. The van der Waals surface area contributed by atoms with Gasteiger partial charge < -0.3 is 10.6 Å². The van der Waals surface area contributed by atoms with Gasteiger partial charge in [0.25, 0.3) is 0 Å². The van der Waals surface area contributed by atoms with Gasteiger partial charge in [-0.15, -0.1) is 0 Å². The second-order valence-electron chi connectivity index (χ2n) is 3.13. The van der Waals surface area contributed by atoms with Crippen molar-refractivity contribution in [2.75, 3.05) is 0 Å².